The second kappa shape index (κ2) is 7.11. The van der Waals surface area contributed by atoms with Crippen molar-refractivity contribution >= 4 is 0 Å². The second-order valence-corrected chi connectivity index (χ2v) is 5.59. The van der Waals surface area contributed by atoms with Crippen LogP contribution in [0, 0.1) is 19.8 Å². The zero-order chi connectivity index (χ0) is 17.1. The molecule has 1 aromatic carbocycles. The van der Waals surface area contributed by atoms with E-state index in [9.17, 15) is 22.0 Å². The highest BCUT2D eigenvalue weighted by Gasteiger charge is 2.38. The molecule has 0 N–H and O–H groups in total. The van der Waals surface area contributed by atoms with Gasteiger partial charge in [-0.1, -0.05) is 30.4 Å². The third-order valence-electron chi connectivity index (χ3n) is 4.01. The van der Waals surface area contributed by atoms with E-state index in [4.69, 9.17) is 0 Å². The molecule has 0 amide bonds. The Morgan fingerprint density at radius 1 is 0.957 bits per heavy atom. The van der Waals surface area contributed by atoms with E-state index in [1.165, 1.54) is 6.08 Å². The second-order valence-electron chi connectivity index (χ2n) is 5.59. The molecule has 0 aliphatic heterocycles. The lowest BCUT2D eigenvalue weighted by atomic mass is 9.93. The third-order valence-corrected chi connectivity index (χ3v) is 4.01. The number of aryl methyl sites for hydroxylation is 2. The summed E-state index contributed by atoms with van der Waals surface area (Å²) in [4.78, 5) is 0. The Hall–Kier alpha value is -1.91. The first kappa shape index (κ1) is 17.4. The number of allylic oxidation sites excluding steroid dienone is 6. The molecule has 23 heavy (non-hydrogen) atoms. The minimum absolute atomic E-state index is 0.456. The number of hydrogen-bond acceptors (Lipinski definition) is 0. The van der Waals surface area contributed by atoms with E-state index in [1.54, 1.807) is 0 Å². The van der Waals surface area contributed by atoms with Crippen LogP contribution in [-0.4, -0.2) is 6.17 Å². The van der Waals surface area contributed by atoms with E-state index in [2.05, 4.69) is 0 Å². The maximum atomic E-state index is 13.6. The predicted octanol–water partition coefficient (Wildman–Crippen LogP) is 6.06. The first-order valence-electron chi connectivity index (χ1n) is 7.31. The van der Waals surface area contributed by atoms with Crippen molar-refractivity contribution in [3.05, 3.63) is 70.3 Å². The fraction of sp³-hybridized carbons (Fsp3) is 0.333. The van der Waals surface area contributed by atoms with Crippen LogP contribution < -0.4 is 0 Å². The summed E-state index contributed by atoms with van der Waals surface area (Å²) in [5.74, 6) is -9.31. The maximum Gasteiger partial charge on any atom is 0.196 e. The summed E-state index contributed by atoms with van der Waals surface area (Å²) in [5.41, 5.74) is 3.33. The molecule has 1 aromatic rings. The van der Waals surface area contributed by atoms with Gasteiger partial charge in [-0.2, -0.15) is 0 Å². The Morgan fingerprint density at radius 2 is 1.52 bits per heavy atom. The predicted molar refractivity (Wildman–Crippen MR) is 80.2 cm³/mol. The highest BCUT2D eigenvalue weighted by atomic mass is 19.2. The number of hydrogen-bond donors (Lipinski definition) is 0. The number of halogens is 5. The quantitative estimate of drug-likeness (QED) is 0.465. The van der Waals surface area contributed by atoms with E-state index in [1.807, 2.05) is 32.0 Å². The molecule has 2 unspecified atom stereocenters. The standard InChI is InChI=1S/C18H17F5/c1-10-6-5-7-11(2)12(10)8-3-4-9-13-14(19)16(21)18(23)17(22)15(13)20/h4-7,9,13-14H,3,8H2,1-2H3/b9-4-. The number of alkyl halides is 1. The fourth-order valence-corrected chi connectivity index (χ4v) is 2.66. The molecule has 124 valence electrons. The normalized spacial score (nSPS) is 22.4. The van der Waals surface area contributed by atoms with Crippen LogP contribution in [0.5, 0.6) is 0 Å². The van der Waals surface area contributed by atoms with Gasteiger partial charge in [-0.05, 0) is 43.4 Å². The van der Waals surface area contributed by atoms with Crippen molar-refractivity contribution in [2.45, 2.75) is 32.9 Å². The zero-order valence-electron chi connectivity index (χ0n) is 12.8. The van der Waals surface area contributed by atoms with Gasteiger partial charge in [-0.15, -0.1) is 0 Å². The van der Waals surface area contributed by atoms with E-state index in [0.29, 0.717) is 12.8 Å². The van der Waals surface area contributed by atoms with Gasteiger partial charge in [0, 0.05) is 0 Å². The van der Waals surface area contributed by atoms with Gasteiger partial charge in [-0.3, -0.25) is 0 Å². The fourth-order valence-electron chi connectivity index (χ4n) is 2.66. The smallest absolute Gasteiger partial charge is 0.196 e. The van der Waals surface area contributed by atoms with E-state index in [0.717, 1.165) is 22.8 Å². The monoisotopic (exact) mass is 328 g/mol. The lowest BCUT2D eigenvalue weighted by Crippen LogP contribution is -2.21. The molecule has 0 heterocycles. The summed E-state index contributed by atoms with van der Waals surface area (Å²) in [6.07, 6.45) is 1.08. The lowest BCUT2D eigenvalue weighted by molar-refractivity contribution is 0.232. The molecule has 5 heteroatoms. The molecule has 2 atom stereocenters. The molecule has 2 rings (SSSR count). The minimum Gasteiger partial charge on any atom is -0.238 e. The summed E-state index contributed by atoms with van der Waals surface area (Å²) >= 11 is 0. The first-order chi connectivity index (χ1) is 10.8. The summed E-state index contributed by atoms with van der Waals surface area (Å²) in [7, 11) is 0. The van der Waals surface area contributed by atoms with Gasteiger partial charge >= 0.3 is 0 Å². The summed E-state index contributed by atoms with van der Waals surface area (Å²) < 4.78 is 66.4. The van der Waals surface area contributed by atoms with E-state index in [-0.39, 0.29) is 0 Å². The molecule has 0 nitrogen and oxygen atoms in total. The van der Waals surface area contributed by atoms with Gasteiger partial charge in [-0.25, -0.2) is 22.0 Å². The van der Waals surface area contributed by atoms with E-state index >= 15 is 0 Å². The molecule has 1 aliphatic carbocycles. The van der Waals surface area contributed by atoms with Crippen molar-refractivity contribution in [1.29, 1.82) is 0 Å². The van der Waals surface area contributed by atoms with Crippen molar-refractivity contribution in [3.63, 3.8) is 0 Å². The number of rotatable bonds is 4. The molecular weight excluding hydrogens is 311 g/mol. The van der Waals surface area contributed by atoms with Crippen molar-refractivity contribution < 1.29 is 22.0 Å². The Morgan fingerprint density at radius 3 is 2.13 bits per heavy atom. The van der Waals surface area contributed by atoms with E-state index < -0.39 is 35.4 Å². The van der Waals surface area contributed by atoms with Crippen molar-refractivity contribution in [2.75, 3.05) is 0 Å². The molecule has 0 radical (unpaired) electrons. The molecule has 0 aromatic heterocycles. The summed E-state index contributed by atoms with van der Waals surface area (Å²) in [6, 6.07) is 5.86. The van der Waals surface area contributed by atoms with Crippen LogP contribution >= 0.6 is 0 Å². The Balaban J connectivity index is 2.07. The first-order valence-corrected chi connectivity index (χ1v) is 7.31. The van der Waals surface area contributed by atoms with Crippen LogP contribution in [0.4, 0.5) is 22.0 Å². The maximum absolute atomic E-state index is 13.6. The number of benzene rings is 1. The largest absolute Gasteiger partial charge is 0.238 e. The average Bonchev–Trinajstić information content (AvgIpc) is 2.52. The third kappa shape index (κ3) is 3.54. The topological polar surface area (TPSA) is 0 Å². The Labute approximate surface area is 132 Å². The summed E-state index contributed by atoms with van der Waals surface area (Å²) in [6.45, 7) is 3.93. The Bertz CT molecular complexity index is 664. The van der Waals surface area contributed by atoms with Gasteiger partial charge in [0.1, 0.15) is 5.83 Å². The highest BCUT2D eigenvalue weighted by Crippen LogP contribution is 2.40. The van der Waals surface area contributed by atoms with Crippen LogP contribution in [-0.2, 0) is 6.42 Å². The van der Waals surface area contributed by atoms with Gasteiger partial charge in [0.2, 0.25) is 0 Å². The molecule has 0 saturated heterocycles. The zero-order valence-corrected chi connectivity index (χ0v) is 12.8. The molecule has 0 bridgehead atoms. The van der Waals surface area contributed by atoms with Crippen molar-refractivity contribution in [1.82, 2.24) is 0 Å². The van der Waals surface area contributed by atoms with Crippen LogP contribution in [0.3, 0.4) is 0 Å². The van der Waals surface area contributed by atoms with Gasteiger partial charge in [0.15, 0.2) is 23.7 Å². The lowest BCUT2D eigenvalue weighted by Gasteiger charge is -2.20. The van der Waals surface area contributed by atoms with Crippen molar-refractivity contribution in [3.8, 4) is 0 Å². The van der Waals surface area contributed by atoms with Gasteiger partial charge in [0.25, 0.3) is 0 Å². The molecule has 1 aliphatic rings. The SMILES string of the molecule is Cc1cccc(C)c1CC/C=C\C1C(F)=C(F)C(F)=C(F)C1F. The van der Waals surface area contributed by atoms with Crippen molar-refractivity contribution in [2.24, 2.45) is 5.92 Å². The van der Waals surface area contributed by atoms with Crippen LogP contribution in [0.2, 0.25) is 0 Å². The molecule has 0 fully saturated rings. The molecule has 0 spiro atoms. The molecule has 0 saturated carbocycles. The van der Waals surface area contributed by atoms with Crippen LogP contribution in [0.15, 0.2) is 53.7 Å². The van der Waals surface area contributed by atoms with Crippen LogP contribution in [0.1, 0.15) is 23.1 Å². The highest BCUT2D eigenvalue weighted by molar-refractivity contribution is 5.36. The minimum atomic E-state index is -2.54. The Kier molecular flexibility index (Phi) is 5.39. The average molecular weight is 328 g/mol. The van der Waals surface area contributed by atoms with Gasteiger partial charge in [0.05, 0.1) is 5.92 Å². The summed E-state index contributed by atoms with van der Waals surface area (Å²) in [5, 5.41) is 0. The molecular formula is C18H17F5. The van der Waals surface area contributed by atoms with Gasteiger partial charge < -0.3 is 0 Å². The van der Waals surface area contributed by atoms with Crippen LogP contribution in [0.25, 0.3) is 0 Å².